The zero-order valence-corrected chi connectivity index (χ0v) is 7.82. The van der Waals surface area contributed by atoms with Crippen LogP contribution in [0.4, 0.5) is 0 Å². The first-order chi connectivity index (χ1) is 5.27. The first kappa shape index (κ1) is 12.3. The minimum Gasteiger partial charge on any atom is -0.394 e. The second-order valence-corrected chi connectivity index (χ2v) is 5.99. The zero-order chi connectivity index (χ0) is 9.83. The van der Waals surface area contributed by atoms with Gasteiger partial charge in [-0.2, -0.15) is 0 Å². The Labute approximate surface area is 68.7 Å². The minimum atomic E-state index is -4.55. The van der Waals surface area contributed by atoms with E-state index in [1.807, 2.05) is 0 Å². The van der Waals surface area contributed by atoms with Crippen LogP contribution < -0.4 is 0 Å². The molecule has 0 heterocycles. The van der Waals surface area contributed by atoms with Crippen LogP contribution in [-0.4, -0.2) is 38.9 Å². The molecule has 0 amide bonds. The Bertz CT molecular complexity index is 219. The second kappa shape index (κ2) is 4.48. The fourth-order valence-electron chi connectivity index (χ4n) is 0.457. The molecule has 0 aromatic heterocycles. The first-order valence-electron chi connectivity index (χ1n) is 2.89. The Hall–Kier alpha value is 0.260. The maximum atomic E-state index is 10.7. The summed E-state index contributed by atoms with van der Waals surface area (Å²) in [5.74, 6) is -1.22. The lowest BCUT2D eigenvalue weighted by Crippen LogP contribution is -2.00. The summed E-state index contributed by atoms with van der Waals surface area (Å²) in [4.78, 5) is 25.3. The summed E-state index contributed by atoms with van der Waals surface area (Å²) in [6.07, 6.45) is 0. The number of aliphatic hydroxyl groups is 1. The van der Waals surface area contributed by atoms with Gasteiger partial charge in [-0.25, -0.2) is 0 Å². The Balaban J connectivity index is 4.05. The molecule has 0 aliphatic carbocycles. The summed E-state index contributed by atoms with van der Waals surface area (Å²) >= 11 is 0. The van der Waals surface area contributed by atoms with Crippen LogP contribution in [0.5, 0.6) is 0 Å². The van der Waals surface area contributed by atoms with E-state index in [4.69, 9.17) is 19.8 Å². The Morgan fingerprint density at radius 1 is 1.17 bits per heavy atom. The van der Waals surface area contributed by atoms with Crippen LogP contribution in [-0.2, 0) is 13.7 Å². The van der Waals surface area contributed by atoms with Gasteiger partial charge in [0.25, 0.3) is 0 Å². The summed E-state index contributed by atoms with van der Waals surface area (Å²) in [5.41, 5.74) is 0. The molecule has 0 rings (SSSR count). The third-order valence-electron chi connectivity index (χ3n) is 0.747. The van der Waals surface area contributed by atoms with E-state index in [0.29, 0.717) is 0 Å². The third-order valence-corrected chi connectivity index (χ3v) is 4.24. The fourth-order valence-corrected chi connectivity index (χ4v) is 3.01. The molecule has 0 saturated heterocycles. The maximum absolute atomic E-state index is 10.7. The molecule has 9 heteroatoms. The van der Waals surface area contributed by atoms with Crippen molar-refractivity contribution in [3.8, 4) is 0 Å². The topological polar surface area (TPSA) is 124 Å². The fraction of sp³-hybridized carbons (Fsp3) is 1.00. The molecular weight excluding hydrogens is 210 g/mol. The second-order valence-electron chi connectivity index (χ2n) is 2.00. The average Bonchev–Trinajstić information content (AvgIpc) is 1.78. The predicted octanol–water partition coefficient (Wildman–Crippen LogP) is -0.684. The highest BCUT2D eigenvalue weighted by Gasteiger charge is 2.30. The van der Waals surface area contributed by atoms with Crippen molar-refractivity contribution in [3.05, 3.63) is 0 Å². The highest BCUT2D eigenvalue weighted by Crippen LogP contribution is 2.55. The quantitative estimate of drug-likeness (QED) is 0.452. The van der Waals surface area contributed by atoms with Gasteiger partial charge in [0.2, 0.25) is 0 Å². The van der Waals surface area contributed by atoms with Crippen molar-refractivity contribution in [2.75, 3.05) is 19.1 Å². The molecule has 7 nitrogen and oxygen atoms in total. The molecule has 0 fully saturated rings. The van der Waals surface area contributed by atoms with Crippen LogP contribution in [0.25, 0.3) is 0 Å². The summed E-state index contributed by atoms with van der Waals surface area (Å²) in [6, 6.07) is 0. The standard InChI is InChI=1S/C3H10O7P2/c4-1-2-10-12(8,9)3-11(5,6)7/h4H,1-3H2,(H,8,9)(H2,5,6,7). The lowest BCUT2D eigenvalue weighted by molar-refractivity contribution is 0.184. The van der Waals surface area contributed by atoms with E-state index < -0.39 is 34.3 Å². The molecule has 0 bridgehead atoms. The maximum Gasteiger partial charge on any atom is 0.340 e. The number of rotatable bonds is 5. The molecule has 1 atom stereocenters. The number of hydrogen-bond acceptors (Lipinski definition) is 4. The first-order valence-corrected chi connectivity index (χ1v) is 6.45. The smallest absolute Gasteiger partial charge is 0.340 e. The van der Waals surface area contributed by atoms with E-state index in [-0.39, 0.29) is 0 Å². The van der Waals surface area contributed by atoms with Gasteiger partial charge in [0, 0.05) is 0 Å². The van der Waals surface area contributed by atoms with Crippen molar-refractivity contribution in [2.45, 2.75) is 0 Å². The molecule has 0 saturated carbocycles. The molecule has 0 aliphatic rings. The van der Waals surface area contributed by atoms with Gasteiger partial charge in [0.15, 0.2) is 5.90 Å². The molecule has 0 aliphatic heterocycles. The van der Waals surface area contributed by atoms with E-state index in [0.717, 1.165) is 0 Å². The van der Waals surface area contributed by atoms with Crippen molar-refractivity contribution in [3.63, 3.8) is 0 Å². The van der Waals surface area contributed by atoms with Crippen molar-refractivity contribution in [1.82, 2.24) is 0 Å². The molecule has 0 radical (unpaired) electrons. The normalized spacial score (nSPS) is 17.3. The molecule has 0 spiro atoms. The minimum absolute atomic E-state index is 0.423. The van der Waals surface area contributed by atoms with E-state index in [9.17, 15) is 9.13 Å². The highest BCUT2D eigenvalue weighted by molar-refractivity contribution is 7.70. The van der Waals surface area contributed by atoms with E-state index in [2.05, 4.69) is 4.52 Å². The molecule has 4 N–H and O–H groups in total. The van der Waals surface area contributed by atoms with E-state index >= 15 is 0 Å². The molecule has 0 aromatic rings. The van der Waals surface area contributed by atoms with Gasteiger partial charge in [0.1, 0.15) is 0 Å². The van der Waals surface area contributed by atoms with Gasteiger partial charge >= 0.3 is 15.2 Å². The summed E-state index contributed by atoms with van der Waals surface area (Å²) < 4.78 is 25.1. The summed E-state index contributed by atoms with van der Waals surface area (Å²) in [7, 11) is -8.80. The van der Waals surface area contributed by atoms with Crippen LogP contribution in [0.15, 0.2) is 0 Å². The van der Waals surface area contributed by atoms with Crippen LogP contribution in [0.3, 0.4) is 0 Å². The highest BCUT2D eigenvalue weighted by atomic mass is 31.2. The Morgan fingerprint density at radius 2 is 1.67 bits per heavy atom. The van der Waals surface area contributed by atoms with E-state index in [1.165, 1.54) is 0 Å². The third kappa shape index (κ3) is 6.94. The largest absolute Gasteiger partial charge is 0.394 e. The van der Waals surface area contributed by atoms with Gasteiger partial charge in [-0.1, -0.05) is 0 Å². The summed E-state index contributed by atoms with van der Waals surface area (Å²) in [6.45, 7) is -0.903. The van der Waals surface area contributed by atoms with E-state index in [1.54, 1.807) is 0 Å². The average molecular weight is 220 g/mol. The van der Waals surface area contributed by atoms with Gasteiger partial charge in [-0.05, 0) is 0 Å². The van der Waals surface area contributed by atoms with Crippen LogP contribution >= 0.6 is 15.2 Å². The van der Waals surface area contributed by atoms with Gasteiger partial charge in [-0.3, -0.25) is 9.13 Å². The number of hydrogen-bond donors (Lipinski definition) is 4. The van der Waals surface area contributed by atoms with Crippen LogP contribution in [0, 0.1) is 0 Å². The van der Waals surface area contributed by atoms with Crippen LogP contribution in [0.2, 0.25) is 0 Å². The Morgan fingerprint density at radius 3 is 2.00 bits per heavy atom. The van der Waals surface area contributed by atoms with Crippen molar-refractivity contribution in [2.24, 2.45) is 0 Å². The van der Waals surface area contributed by atoms with Crippen molar-refractivity contribution >= 4 is 15.2 Å². The summed E-state index contributed by atoms with van der Waals surface area (Å²) in [5, 5.41) is 8.18. The van der Waals surface area contributed by atoms with Gasteiger partial charge < -0.3 is 24.3 Å². The van der Waals surface area contributed by atoms with Gasteiger partial charge in [-0.15, -0.1) is 0 Å². The molecule has 12 heavy (non-hydrogen) atoms. The van der Waals surface area contributed by atoms with Gasteiger partial charge in [0.05, 0.1) is 13.2 Å². The van der Waals surface area contributed by atoms with Crippen molar-refractivity contribution < 1.29 is 33.4 Å². The predicted molar refractivity (Wildman–Crippen MR) is 39.8 cm³/mol. The zero-order valence-electron chi connectivity index (χ0n) is 6.03. The molecule has 74 valence electrons. The van der Waals surface area contributed by atoms with Crippen LogP contribution in [0.1, 0.15) is 0 Å². The van der Waals surface area contributed by atoms with Crippen molar-refractivity contribution in [1.29, 1.82) is 0 Å². The SMILES string of the molecule is O=P(O)(O)CP(=O)(O)OCCO. The Kier molecular flexibility index (Phi) is 4.58. The monoisotopic (exact) mass is 220 g/mol. The lowest BCUT2D eigenvalue weighted by atomic mass is 10.8. The molecule has 0 aromatic carbocycles. The number of aliphatic hydroxyl groups excluding tert-OH is 1. The lowest BCUT2D eigenvalue weighted by Gasteiger charge is -2.11. The molecule has 1 unspecified atom stereocenters. The molecular formula is C3H10O7P2.